The lowest BCUT2D eigenvalue weighted by Gasteiger charge is -2.61. The number of aliphatic hydroxyl groups is 1. The number of nitrogens with zero attached hydrogens (tertiary/aromatic N) is 1. The fraction of sp³-hybridized carbons (Fsp3) is 0.933. The maximum atomic E-state index is 12.2. The molecule has 0 aromatic carbocycles. The molecule has 20 heavy (non-hydrogen) atoms. The fourth-order valence-electron chi connectivity index (χ4n) is 3.55. The zero-order valence-electron chi connectivity index (χ0n) is 13.1. The van der Waals surface area contributed by atoms with Crippen molar-refractivity contribution in [3.8, 4) is 0 Å². The number of carbonyl (C=O) groups is 1. The molecule has 0 saturated heterocycles. The second kappa shape index (κ2) is 5.53. The van der Waals surface area contributed by atoms with E-state index in [1.54, 1.807) is 25.8 Å². The number of ether oxygens (including phenoxy) is 1. The number of urea groups is 1. The van der Waals surface area contributed by atoms with Gasteiger partial charge in [-0.05, 0) is 40.0 Å². The summed E-state index contributed by atoms with van der Waals surface area (Å²) in [6.07, 6.45) is 4.76. The first-order valence-corrected chi connectivity index (χ1v) is 7.64. The molecule has 116 valence electrons. The molecule has 0 radical (unpaired) electrons. The standard InChI is InChI=1S/C15H28N2O3/c1-5-20-12-9-11(15(12)7-6-8-15)16-13(18)17(4)10-14(2,3)19/h11-12,19H,5-10H2,1-4H3,(H,16,18). The highest BCUT2D eigenvalue weighted by molar-refractivity contribution is 5.74. The van der Waals surface area contributed by atoms with Crippen LogP contribution in [0, 0.1) is 5.41 Å². The van der Waals surface area contributed by atoms with E-state index in [4.69, 9.17) is 4.74 Å². The van der Waals surface area contributed by atoms with E-state index < -0.39 is 5.60 Å². The third kappa shape index (κ3) is 2.93. The fourth-order valence-corrected chi connectivity index (χ4v) is 3.55. The Balaban J connectivity index is 1.86. The summed E-state index contributed by atoms with van der Waals surface area (Å²) in [5, 5.41) is 12.9. The van der Waals surface area contributed by atoms with E-state index in [2.05, 4.69) is 5.32 Å². The van der Waals surface area contributed by atoms with Gasteiger partial charge in [0.25, 0.3) is 0 Å². The topological polar surface area (TPSA) is 61.8 Å². The van der Waals surface area contributed by atoms with Gasteiger partial charge in [0.2, 0.25) is 0 Å². The summed E-state index contributed by atoms with van der Waals surface area (Å²) in [5.74, 6) is 0. The molecule has 2 N–H and O–H groups in total. The highest BCUT2D eigenvalue weighted by atomic mass is 16.5. The van der Waals surface area contributed by atoms with Crippen molar-refractivity contribution in [3.05, 3.63) is 0 Å². The molecule has 0 aromatic heterocycles. The molecule has 0 bridgehead atoms. The number of nitrogens with one attached hydrogen (secondary N) is 1. The lowest BCUT2D eigenvalue weighted by atomic mass is 9.51. The average molecular weight is 284 g/mol. The molecule has 2 amide bonds. The Morgan fingerprint density at radius 3 is 2.60 bits per heavy atom. The number of hydrogen-bond donors (Lipinski definition) is 2. The Kier molecular flexibility index (Phi) is 4.30. The van der Waals surface area contributed by atoms with Gasteiger partial charge in [-0.1, -0.05) is 6.42 Å². The first-order valence-electron chi connectivity index (χ1n) is 7.64. The lowest BCUT2D eigenvalue weighted by molar-refractivity contribution is -0.170. The van der Waals surface area contributed by atoms with Crippen molar-refractivity contribution in [1.29, 1.82) is 0 Å². The molecule has 0 aliphatic heterocycles. The molecule has 1 spiro atoms. The predicted molar refractivity (Wildman–Crippen MR) is 77.6 cm³/mol. The van der Waals surface area contributed by atoms with Gasteiger partial charge in [0.15, 0.2) is 0 Å². The third-order valence-corrected chi connectivity index (χ3v) is 4.71. The van der Waals surface area contributed by atoms with Crippen molar-refractivity contribution < 1.29 is 14.6 Å². The minimum Gasteiger partial charge on any atom is -0.389 e. The normalized spacial score (nSPS) is 27.6. The first kappa shape index (κ1) is 15.6. The summed E-state index contributed by atoms with van der Waals surface area (Å²) in [6.45, 7) is 6.51. The minimum absolute atomic E-state index is 0.0988. The van der Waals surface area contributed by atoms with E-state index in [0.717, 1.165) is 25.9 Å². The molecule has 2 atom stereocenters. The number of carbonyl (C=O) groups excluding carboxylic acids is 1. The van der Waals surface area contributed by atoms with Gasteiger partial charge in [-0.25, -0.2) is 4.79 Å². The van der Waals surface area contributed by atoms with Gasteiger partial charge in [0.05, 0.1) is 18.2 Å². The lowest BCUT2D eigenvalue weighted by Crippen LogP contribution is -2.68. The summed E-state index contributed by atoms with van der Waals surface area (Å²) in [5.41, 5.74) is -0.686. The summed E-state index contributed by atoms with van der Waals surface area (Å²) < 4.78 is 5.78. The smallest absolute Gasteiger partial charge is 0.317 e. The Morgan fingerprint density at radius 2 is 2.15 bits per heavy atom. The van der Waals surface area contributed by atoms with E-state index in [9.17, 15) is 9.90 Å². The Labute approximate surface area is 121 Å². The predicted octanol–water partition coefficient (Wildman–Crippen LogP) is 1.75. The molecule has 2 aliphatic rings. The third-order valence-electron chi connectivity index (χ3n) is 4.71. The number of likely N-dealkylation sites (N-methyl/N-ethyl adjacent to an activating group) is 1. The van der Waals surface area contributed by atoms with E-state index in [1.165, 1.54) is 6.42 Å². The van der Waals surface area contributed by atoms with Crippen molar-refractivity contribution in [2.45, 2.75) is 64.2 Å². The summed E-state index contributed by atoms with van der Waals surface area (Å²) in [7, 11) is 1.72. The van der Waals surface area contributed by atoms with Crippen molar-refractivity contribution in [1.82, 2.24) is 10.2 Å². The van der Waals surface area contributed by atoms with Crippen molar-refractivity contribution in [3.63, 3.8) is 0 Å². The largest absolute Gasteiger partial charge is 0.389 e. The Morgan fingerprint density at radius 1 is 1.50 bits per heavy atom. The second-order valence-electron chi connectivity index (χ2n) is 6.94. The minimum atomic E-state index is -0.867. The van der Waals surface area contributed by atoms with Crippen molar-refractivity contribution >= 4 is 6.03 Å². The van der Waals surface area contributed by atoms with Crippen LogP contribution in [0.1, 0.15) is 46.5 Å². The highest BCUT2D eigenvalue weighted by Gasteiger charge is 2.59. The van der Waals surface area contributed by atoms with Crippen LogP contribution in [0.5, 0.6) is 0 Å². The van der Waals surface area contributed by atoms with E-state index in [0.29, 0.717) is 12.6 Å². The van der Waals surface area contributed by atoms with Crippen molar-refractivity contribution in [2.75, 3.05) is 20.2 Å². The molecule has 2 rings (SSSR count). The molecule has 2 saturated carbocycles. The van der Waals surface area contributed by atoms with Gasteiger partial charge in [-0.3, -0.25) is 0 Å². The molecular formula is C15H28N2O3. The molecule has 0 heterocycles. The van der Waals surface area contributed by atoms with Crippen LogP contribution in [-0.4, -0.2) is 54.0 Å². The molecule has 0 aromatic rings. The van der Waals surface area contributed by atoms with Crippen LogP contribution < -0.4 is 5.32 Å². The van der Waals surface area contributed by atoms with Crippen LogP contribution >= 0.6 is 0 Å². The van der Waals surface area contributed by atoms with E-state index in [-0.39, 0.29) is 17.5 Å². The number of amides is 2. The zero-order chi connectivity index (χ0) is 15.0. The molecule has 5 nitrogen and oxygen atoms in total. The van der Waals surface area contributed by atoms with Crippen LogP contribution in [0.15, 0.2) is 0 Å². The van der Waals surface area contributed by atoms with Gasteiger partial charge in [-0.2, -0.15) is 0 Å². The molecule has 5 heteroatoms. The first-order chi connectivity index (χ1) is 9.28. The van der Waals surface area contributed by atoms with Crippen LogP contribution in [0.3, 0.4) is 0 Å². The van der Waals surface area contributed by atoms with Crippen LogP contribution in [0.2, 0.25) is 0 Å². The highest BCUT2D eigenvalue weighted by Crippen LogP contribution is 2.57. The van der Waals surface area contributed by atoms with Gasteiger partial charge >= 0.3 is 6.03 Å². The molecular weight excluding hydrogens is 256 g/mol. The maximum absolute atomic E-state index is 12.2. The zero-order valence-corrected chi connectivity index (χ0v) is 13.1. The van der Waals surface area contributed by atoms with E-state index in [1.807, 2.05) is 6.92 Å². The van der Waals surface area contributed by atoms with Gasteiger partial charge in [0.1, 0.15) is 0 Å². The van der Waals surface area contributed by atoms with Crippen LogP contribution in [0.25, 0.3) is 0 Å². The van der Waals surface area contributed by atoms with Gasteiger partial charge < -0.3 is 20.1 Å². The quantitative estimate of drug-likeness (QED) is 0.808. The van der Waals surface area contributed by atoms with Crippen LogP contribution in [-0.2, 0) is 4.74 Å². The monoisotopic (exact) mass is 284 g/mol. The number of rotatable bonds is 5. The van der Waals surface area contributed by atoms with Gasteiger partial charge in [0, 0.05) is 25.1 Å². The maximum Gasteiger partial charge on any atom is 0.317 e. The Bertz CT molecular complexity index is 361. The summed E-state index contributed by atoms with van der Waals surface area (Å²) in [6, 6.07) is 0.128. The summed E-state index contributed by atoms with van der Waals surface area (Å²) in [4.78, 5) is 13.7. The SMILES string of the molecule is CCOC1CC(NC(=O)N(C)CC(C)(C)O)C12CCC2. The molecule has 2 unspecified atom stereocenters. The molecule has 2 aliphatic carbocycles. The second-order valence-corrected chi connectivity index (χ2v) is 6.94. The Hall–Kier alpha value is -0.810. The van der Waals surface area contributed by atoms with E-state index >= 15 is 0 Å². The average Bonchev–Trinajstić information content (AvgIpc) is 2.22. The van der Waals surface area contributed by atoms with Crippen LogP contribution in [0.4, 0.5) is 4.79 Å². The van der Waals surface area contributed by atoms with Gasteiger partial charge in [-0.15, -0.1) is 0 Å². The molecule has 2 fully saturated rings. The van der Waals surface area contributed by atoms with Crippen molar-refractivity contribution in [2.24, 2.45) is 5.41 Å². The summed E-state index contributed by atoms with van der Waals surface area (Å²) >= 11 is 0. The number of hydrogen-bond acceptors (Lipinski definition) is 3.